The number of halogens is 3. The normalized spacial score (nSPS) is 16.0. The zero-order valence-electron chi connectivity index (χ0n) is 20.0. The molecule has 3 rings (SSSR count). The predicted molar refractivity (Wildman–Crippen MR) is 127 cm³/mol. The number of aliphatic hydroxyl groups excluding tert-OH is 1. The van der Waals surface area contributed by atoms with Crippen molar-refractivity contribution in [2.75, 3.05) is 18.6 Å². The number of nitrogens with one attached hydrogen (secondary N) is 1. The number of primary amides is 1. The van der Waals surface area contributed by atoms with Gasteiger partial charge in [0.05, 0.1) is 29.9 Å². The highest BCUT2D eigenvalue weighted by atomic mass is 19.4. The standard InChI is InChI=1S/C25H24F3N5O4/c1-14-20(22(35)37-2)21(19-9-8-15(13-29)11-16(19)5-4-10-34)33(24(31)36)23(30)32(14)18-7-3-6-17(12-18)25(26,27)28/h3,6-9,11-12,21,30,34H,4-5,10H2,1-2H3,(H2,31,36)/t21-/m1/s1. The fourth-order valence-corrected chi connectivity index (χ4v) is 4.30. The number of aryl methyl sites for hydroxylation is 1. The van der Waals surface area contributed by atoms with E-state index in [0.29, 0.717) is 23.1 Å². The lowest BCUT2D eigenvalue weighted by molar-refractivity contribution is -0.138. The molecule has 0 bridgehead atoms. The van der Waals surface area contributed by atoms with Gasteiger partial charge in [-0.2, -0.15) is 18.4 Å². The Morgan fingerprint density at radius 2 is 1.95 bits per heavy atom. The van der Waals surface area contributed by atoms with E-state index in [1.807, 2.05) is 6.07 Å². The van der Waals surface area contributed by atoms with Crippen LogP contribution in [0.1, 0.15) is 41.6 Å². The highest BCUT2D eigenvalue weighted by Gasteiger charge is 2.44. The molecule has 2 aromatic rings. The van der Waals surface area contributed by atoms with E-state index in [1.54, 1.807) is 0 Å². The van der Waals surface area contributed by atoms with Crippen molar-refractivity contribution in [1.82, 2.24) is 4.90 Å². The number of alkyl halides is 3. The number of benzene rings is 2. The Morgan fingerprint density at radius 1 is 1.24 bits per heavy atom. The number of esters is 1. The molecule has 0 unspecified atom stereocenters. The molecule has 0 aromatic heterocycles. The fourth-order valence-electron chi connectivity index (χ4n) is 4.30. The Balaban J connectivity index is 2.33. The van der Waals surface area contributed by atoms with Crippen LogP contribution in [0.2, 0.25) is 0 Å². The van der Waals surface area contributed by atoms with E-state index in [1.165, 1.54) is 31.2 Å². The number of amides is 2. The number of allylic oxidation sites excluding steroid dienone is 1. The maximum absolute atomic E-state index is 13.4. The van der Waals surface area contributed by atoms with Crippen LogP contribution >= 0.6 is 0 Å². The zero-order valence-corrected chi connectivity index (χ0v) is 20.0. The molecule has 0 radical (unpaired) electrons. The molecule has 0 saturated heterocycles. The summed E-state index contributed by atoms with van der Waals surface area (Å²) in [6.07, 6.45) is -4.11. The molecule has 1 aliphatic heterocycles. The first-order chi connectivity index (χ1) is 17.5. The zero-order chi connectivity index (χ0) is 27.5. The van der Waals surface area contributed by atoms with E-state index in [-0.39, 0.29) is 30.0 Å². The van der Waals surface area contributed by atoms with E-state index < -0.39 is 35.7 Å². The predicted octanol–water partition coefficient (Wildman–Crippen LogP) is 3.83. The van der Waals surface area contributed by atoms with Crippen molar-refractivity contribution in [3.8, 4) is 6.07 Å². The van der Waals surface area contributed by atoms with Gasteiger partial charge in [-0.15, -0.1) is 0 Å². The number of anilines is 1. The summed E-state index contributed by atoms with van der Waals surface area (Å²) in [6, 6.07) is 8.19. The first-order valence-electron chi connectivity index (χ1n) is 11.0. The summed E-state index contributed by atoms with van der Waals surface area (Å²) in [5.74, 6) is -1.48. The van der Waals surface area contributed by atoms with Gasteiger partial charge in [0.1, 0.15) is 6.04 Å². The first-order valence-corrected chi connectivity index (χ1v) is 11.0. The van der Waals surface area contributed by atoms with Gasteiger partial charge in [-0.25, -0.2) is 9.59 Å². The van der Waals surface area contributed by atoms with Crippen molar-refractivity contribution < 1.29 is 32.6 Å². The lowest BCUT2D eigenvalue weighted by Gasteiger charge is -2.43. The summed E-state index contributed by atoms with van der Waals surface area (Å²) in [6.45, 7) is 1.25. The largest absolute Gasteiger partial charge is 0.466 e. The van der Waals surface area contributed by atoms with Gasteiger partial charge in [-0.05, 0) is 61.2 Å². The van der Waals surface area contributed by atoms with Gasteiger partial charge in [-0.3, -0.25) is 15.2 Å². The summed E-state index contributed by atoms with van der Waals surface area (Å²) in [5.41, 5.74) is 5.61. The Bertz CT molecular complexity index is 1320. The second kappa shape index (κ2) is 10.7. The van der Waals surface area contributed by atoms with E-state index >= 15 is 0 Å². The topological polar surface area (TPSA) is 144 Å². The SMILES string of the molecule is COC(=O)C1=C(C)N(c2cccc(C(F)(F)F)c2)C(=N)N(C(N)=O)[C@@H]1c1ccc(C#N)cc1CCCO. The summed E-state index contributed by atoms with van der Waals surface area (Å²) >= 11 is 0. The molecule has 2 amide bonds. The van der Waals surface area contributed by atoms with Crippen LogP contribution in [0.4, 0.5) is 23.7 Å². The molecule has 37 heavy (non-hydrogen) atoms. The van der Waals surface area contributed by atoms with Crippen LogP contribution in [0.25, 0.3) is 0 Å². The molecule has 0 saturated carbocycles. The van der Waals surface area contributed by atoms with Crippen LogP contribution in [0.5, 0.6) is 0 Å². The van der Waals surface area contributed by atoms with Gasteiger partial charge in [0.2, 0.25) is 5.96 Å². The Kier molecular flexibility index (Phi) is 7.88. The second-order valence-electron chi connectivity index (χ2n) is 8.16. The summed E-state index contributed by atoms with van der Waals surface area (Å²) < 4.78 is 45.2. The minimum Gasteiger partial charge on any atom is -0.466 e. The second-order valence-corrected chi connectivity index (χ2v) is 8.16. The molecule has 4 N–H and O–H groups in total. The van der Waals surface area contributed by atoms with Crippen LogP contribution in [-0.2, 0) is 22.1 Å². The number of rotatable bonds is 6. The average Bonchev–Trinajstić information content (AvgIpc) is 2.86. The highest BCUT2D eigenvalue weighted by molar-refractivity contribution is 6.10. The molecule has 194 valence electrons. The third-order valence-corrected chi connectivity index (χ3v) is 5.94. The number of hydrogen-bond donors (Lipinski definition) is 3. The van der Waals surface area contributed by atoms with Crippen LogP contribution in [0.3, 0.4) is 0 Å². The number of urea groups is 1. The number of nitriles is 1. The van der Waals surface area contributed by atoms with Crippen LogP contribution in [-0.4, -0.2) is 41.7 Å². The van der Waals surface area contributed by atoms with Crippen LogP contribution in [0, 0.1) is 16.7 Å². The van der Waals surface area contributed by atoms with Crippen molar-refractivity contribution in [1.29, 1.82) is 10.7 Å². The molecule has 0 fully saturated rings. The number of carbonyl (C=O) groups is 2. The van der Waals surface area contributed by atoms with E-state index in [0.717, 1.165) is 35.1 Å². The van der Waals surface area contributed by atoms with Gasteiger partial charge in [0, 0.05) is 18.0 Å². The molecule has 1 atom stereocenters. The Hall–Kier alpha value is -4.37. The number of hydrogen-bond acceptors (Lipinski definition) is 6. The number of carbonyl (C=O) groups excluding carboxylic acids is 2. The molecule has 9 nitrogen and oxygen atoms in total. The molecule has 1 heterocycles. The summed E-state index contributed by atoms with van der Waals surface area (Å²) in [5, 5.41) is 27.5. The van der Waals surface area contributed by atoms with Gasteiger partial charge in [-0.1, -0.05) is 12.1 Å². The molecule has 1 aliphatic rings. The molecule has 2 aromatic carbocycles. The van der Waals surface area contributed by atoms with Crippen LogP contribution in [0.15, 0.2) is 53.7 Å². The summed E-state index contributed by atoms with van der Waals surface area (Å²) in [4.78, 5) is 27.6. The van der Waals surface area contributed by atoms with Crippen molar-refractivity contribution >= 4 is 23.6 Å². The van der Waals surface area contributed by atoms with Gasteiger partial charge < -0.3 is 15.6 Å². The molecule has 0 spiro atoms. The van der Waals surface area contributed by atoms with E-state index in [4.69, 9.17) is 15.9 Å². The molecule has 12 heteroatoms. The number of methoxy groups -OCH3 is 1. The number of ether oxygens (including phenoxy) is 1. The van der Waals surface area contributed by atoms with Gasteiger partial charge >= 0.3 is 18.2 Å². The molecule has 0 aliphatic carbocycles. The minimum atomic E-state index is -4.67. The Labute approximate surface area is 210 Å². The van der Waals surface area contributed by atoms with E-state index in [9.17, 15) is 33.1 Å². The first kappa shape index (κ1) is 27.2. The number of aliphatic hydroxyl groups is 1. The lowest BCUT2D eigenvalue weighted by atomic mass is 9.87. The third-order valence-electron chi connectivity index (χ3n) is 5.94. The number of guanidine groups is 1. The number of nitrogens with zero attached hydrogens (tertiary/aromatic N) is 3. The monoisotopic (exact) mass is 515 g/mol. The maximum Gasteiger partial charge on any atom is 0.416 e. The summed E-state index contributed by atoms with van der Waals surface area (Å²) in [7, 11) is 1.11. The van der Waals surface area contributed by atoms with Crippen molar-refractivity contribution in [3.63, 3.8) is 0 Å². The molecular weight excluding hydrogens is 491 g/mol. The highest BCUT2D eigenvalue weighted by Crippen LogP contribution is 2.42. The van der Waals surface area contributed by atoms with Crippen molar-refractivity contribution in [2.24, 2.45) is 5.73 Å². The van der Waals surface area contributed by atoms with Gasteiger partial charge in [0.15, 0.2) is 0 Å². The molecular formula is C25H24F3N5O4. The third kappa shape index (κ3) is 5.26. The maximum atomic E-state index is 13.4. The van der Waals surface area contributed by atoms with Crippen molar-refractivity contribution in [2.45, 2.75) is 32.0 Å². The lowest BCUT2D eigenvalue weighted by Crippen LogP contribution is -2.55. The van der Waals surface area contributed by atoms with Gasteiger partial charge in [0.25, 0.3) is 0 Å². The number of nitrogens with two attached hydrogens (primary N) is 1. The van der Waals surface area contributed by atoms with Crippen LogP contribution < -0.4 is 10.6 Å². The average molecular weight is 515 g/mol. The Morgan fingerprint density at radius 3 is 2.51 bits per heavy atom. The fraction of sp³-hybridized carbons (Fsp3) is 0.280. The van der Waals surface area contributed by atoms with E-state index in [2.05, 4.69) is 0 Å². The van der Waals surface area contributed by atoms with Crippen molar-refractivity contribution in [3.05, 3.63) is 76.0 Å². The quantitative estimate of drug-likeness (QED) is 0.499. The smallest absolute Gasteiger partial charge is 0.416 e. The minimum absolute atomic E-state index is 0.0520.